The molecule has 128 valence electrons. The molecule has 1 fully saturated rings. The number of hydrogen-bond donors (Lipinski definition) is 2. The van der Waals surface area contributed by atoms with Crippen molar-refractivity contribution in [1.29, 1.82) is 0 Å². The average molecular weight is 343 g/mol. The summed E-state index contributed by atoms with van der Waals surface area (Å²) in [4.78, 5) is 13.0. The molecule has 6 heteroatoms. The lowest BCUT2D eigenvalue weighted by molar-refractivity contribution is -0.908. The number of esters is 1. The van der Waals surface area contributed by atoms with Crippen LogP contribution in [-0.2, 0) is 9.53 Å². The van der Waals surface area contributed by atoms with Gasteiger partial charge in [0.15, 0.2) is 0 Å². The highest BCUT2D eigenvalue weighted by molar-refractivity contribution is 6.32. The molecule has 0 aliphatic carbocycles. The van der Waals surface area contributed by atoms with E-state index < -0.39 is 6.10 Å². The Kier molecular flexibility index (Phi) is 7.15. The first-order valence-corrected chi connectivity index (χ1v) is 8.53. The third-order valence-electron chi connectivity index (χ3n) is 4.10. The Morgan fingerprint density at radius 3 is 2.74 bits per heavy atom. The van der Waals surface area contributed by atoms with E-state index in [4.69, 9.17) is 21.1 Å². The minimum atomic E-state index is -0.555. The van der Waals surface area contributed by atoms with Crippen LogP contribution in [0.15, 0.2) is 24.3 Å². The molecule has 1 aliphatic rings. The van der Waals surface area contributed by atoms with Crippen LogP contribution < -0.4 is 9.64 Å². The fourth-order valence-corrected chi connectivity index (χ4v) is 3.06. The number of para-hydroxylation sites is 1. The Morgan fingerprint density at radius 2 is 2.09 bits per heavy atom. The maximum atomic E-state index is 11.7. The van der Waals surface area contributed by atoms with E-state index in [0.29, 0.717) is 23.9 Å². The first-order chi connectivity index (χ1) is 11.1. The van der Waals surface area contributed by atoms with Crippen LogP contribution in [0.25, 0.3) is 0 Å². The van der Waals surface area contributed by atoms with E-state index in [1.54, 1.807) is 12.1 Å². The van der Waals surface area contributed by atoms with Gasteiger partial charge in [-0.2, -0.15) is 0 Å². The van der Waals surface area contributed by atoms with Crippen molar-refractivity contribution in [3.8, 4) is 5.75 Å². The molecule has 0 saturated carbocycles. The molecule has 1 aromatic rings. The highest BCUT2D eigenvalue weighted by atomic mass is 35.5. The Labute approximate surface area is 142 Å². The zero-order valence-electron chi connectivity index (χ0n) is 13.5. The summed E-state index contributed by atoms with van der Waals surface area (Å²) in [6.45, 7) is 4.82. The second-order valence-electron chi connectivity index (χ2n) is 5.88. The molecule has 5 nitrogen and oxygen atoms in total. The number of ether oxygens (including phenoxy) is 2. The van der Waals surface area contributed by atoms with Gasteiger partial charge in [0, 0.05) is 12.8 Å². The maximum absolute atomic E-state index is 11.7. The number of quaternary nitrogens is 1. The standard InChI is InChI=1S/C17H24ClNO4/c1-2-22-17(21)13-7-9-19(10-8-13)11-14(20)12-23-16-6-4-3-5-15(16)18/h3-6,13-14,20H,2,7-12H2,1H3/p+1/t14-/m1/s1. The van der Waals surface area contributed by atoms with E-state index in [2.05, 4.69) is 0 Å². The van der Waals surface area contributed by atoms with Crippen molar-refractivity contribution in [2.75, 3.05) is 32.8 Å². The first kappa shape index (κ1) is 18.0. The fourth-order valence-electron chi connectivity index (χ4n) is 2.87. The van der Waals surface area contributed by atoms with Crippen LogP contribution >= 0.6 is 11.6 Å². The number of likely N-dealkylation sites (tertiary alicyclic amines) is 1. The third-order valence-corrected chi connectivity index (χ3v) is 4.42. The first-order valence-electron chi connectivity index (χ1n) is 8.15. The van der Waals surface area contributed by atoms with Crippen molar-refractivity contribution < 1.29 is 24.3 Å². The number of carbonyl (C=O) groups excluding carboxylic acids is 1. The summed E-state index contributed by atoms with van der Waals surface area (Å²) in [5, 5.41) is 10.7. The molecule has 0 bridgehead atoms. The predicted molar refractivity (Wildman–Crippen MR) is 87.9 cm³/mol. The topological polar surface area (TPSA) is 60.2 Å². The average Bonchev–Trinajstić information content (AvgIpc) is 2.55. The van der Waals surface area contributed by atoms with E-state index >= 15 is 0 Å². The molecular formula is C17H25ClNO4+. The molecule has 23 heavy (non-hydrogen) atoms. The zero-order valence-corrected chi connectivity index (χ0v) is 14.2. The molecule has 2 rings (SSSR count). The van der Waals surface area contributed by atoms with Gasteiger partial charge in [0.2, 0.25) is 0 Å². The quantitative estimate of drug-likeness (QED) is 0.724. The van der Waals surface area contributed by atoms with E-state index in [0.717, 1.165) is 25.9 Å². The molecule has 1 aliphatic heterocycles. The number of benzene rings is 1. The van der Waals surface area contributed by atoms with Crippen molar-refractivity contribution in [2.45, 2.75) is 25.9 Å². The molecule has 1 aromatic carbocycles. The van der Waals surface area contributed by atoms with Gasteiger partial charge in [0.25, 0.3) is 0 Å². The number of piperidine rings is 1. The number of carbonyl (C=O) groups is 1. The zero-order chi connectivity index (χ0) is 16.7. The molecule has 0 aromatic heterocycles. The predicted octanol–water partition coefficient (Wildman–Crippen LogP) is 0.938. The molecule has 0 amide bonds. The Balaban J connectivity index is 1.69. The second-order valence-corrected chi connectivity index (χ2v) is 6.28. The van der Waals surface area contributed by atoms with Gasteiger partial charge in [-0.25, -0.2) is 0 Å². The van der Waals surface area contributed by atoms with E-state index in [9.17, 15) is 9.90 Å². The van der Waals surface area contributed by atoms with Crippen molar-refractivity contribution in [3.63, 3.8) is 0 Å². The molecule has 1 atom stereocenters. The maximum Gasteiger partial charge on any atom is 0.309 e. The fraction of sp³-hybridized carbons (Fsp3) is 0.588. The van der Waals surface area contributed by atoms with Gasteiger partial charge in [-0.15, -0.1) is 0 Å². The van der Waals surface area contributed by atoms with Gasteiger partial charge in [0.05, 0.1) is 30.6 Å². The van der Waals surface area contributed by atoms with Gasteiger partial charge in [-0.05, 0) is 19.1 Å². The van der Waals surface area contributed by atoms with Crippen LogP contribution in [0.2, 0.25) is 5.02 Å². The number of aliphatic hydroxyl groups is 1. The van der Waals surface area contributed by atoms with Gasteiger partial charge in [-0.3, -0.25) is 4.79 Å². The number of halogens is 1. The smallest absolute Gasteiger partial charge is 0.309 e. The van der Waals surface area contributed by atoms with Crippen molar-refractivity contribution in [3.05, 3.63) is 29.3 Å². The summed E-state index contributed by atoms with van der Waals surface area (Å²) in [6.07, 6.45) is 1.07. The summed E-state index contributed by atoms with van der Waals surface area (Å²) in [5.41, 5.74) is 0. The highest BCUT2D eigenvalue weighted by Gasteiger charge is 2.29. The van der Waals surface area contributed by atoms with Crippen LogP contribution in [-0.4, -0.2) is 50.0 Å². The molecule has 0 spiro atoms. The normalized spacial score (nSPS) is 22.4. The number of hydrogen-bond acceptors (Lipinski definition) is 4. The van der Waals surface area contributed by atoms with Crippen LogP contribution in [0.1, 0.15) is 19.8 Å². The minimum Gasteiger partial charge on any atom is -0.489 e. The summed E-state index contributed by atoms with van der Waals surface area (Å²) < 4.78 is 10.6. The molecule has 2 N–H and O–H groups in total. The summed E-state index contributed by atoms with van der Waals surface area (Å²) in [5.74, 6) is 0.508. The number of nitrogens with one attached hydrogen (secondary N) is 1. The van der Waals surface area contributed by atoms with Gasteiger partial charge in [-0.1, -0.05) is 23.7 Å². The summed E-state index contributed by atoms with van der Waals surface area (Å²) >= 11 is 6.02. The van der Waals surface area contributed by atoms with E-state index in [-0.39, 0.29) is 18.5 Å². The number of rotatable bonds is 7. The number of aliphatic hydroxyl groups excluding tert-OH is 1. The summed E-state index contributed by atoms with van der Waals surface area (Å²) in [6, 6.07) is 7.23. The Bertz CT molecular complexity index is 503. The van der Waals surface area contributed by atoms with Gasteiger partial charge < -0.3 is 19.5 Å². The highest BCUT2D eigenvalue weighted by Crippen LogP contribution is 2.23. The van der Waals surface area contributed by atoms with E-state index in [1.807, 2.05) is 19.1 Å². The largest absolute Gasteiger partial charge is 0.489 e. The van der Waals surface area contributed by atoms with Crippen molar-refractivity contribution >= 4 is 17.6 Å². The minimum absolute atomic E-state index is 0.00946. The monoisotopic (exact) mass is 342 g/mol. The molecular weight excluding hydrogens is 318 g/mol. The molecule has 0 radical (unpaired) electrons. The lowest BCUT2D eigenvalue weighted by Gasteiger charge is -2.29. The molecule has 1 heterocycles. The van der Waals surface area contributed by atoms with Crippen LogP contribution in [0.4, 0.5) is 0 Å². The second kappa shape index (κ2) is 9.11. The lowest BCUT2D eigenvalue weighted by Crippen LogP contribution is -3.14. The van der Waals surface area contributed by atoms with Crippen molar-refractivity contribution in [1.82, 2.24) is 0 Å². The Hall–Kier alpha value is -1.30. The Morgan fingerprint density at radius 1 is 1.39 bits per heavy atom. The molecule has 1 saturated heterocycles. The molecule has 0 unspecified atom stereocenters. The van der Waals surface area contributed by atoms with Gasteiger partial charge >= 0.3 is 5.97 Å². The van der Waals surface area contributed by atoms with Crippen LogP contribution in [0, 0.1) is 5.92 Å². The van der Waals surface area contributed by atoms with E-state index in [1.165, 1.54) is 4.90 Å². The van der Waals surface area contributed by atoms with Crippen LogP contribution in [0.5, 0.6) is 5.75 Å². The summed E-state index contributed by atoms with van der Waals surface area (Å²) in [7, 11) is 0. The van der Waals surface area contributed by atoms with Gasteiger partial charge in [0.1, 0.15) is 25.0 Å². The SMILES string of the molecule is CCOC(=O)C1CC[NH+](C[C@@H](O)COc2ccccc2Cl)CC1. The van der Waals surface area contributed by atoms with Crippen molar-refractivity contribution in [2.24, 2.45) is 5.92 Å². The van der Waals surface area contributed by atoms with Crippen LogP contribution in [0.3, 0.4) is 0 Å². The third kappa shape index (κ3) is 5.68. The lowest BCUT2D eigenvalue weighted by atomic mass is 9.97.